The van der Waals surface area contributed by atoms with Crippen molar-refractivity contribution in [3.05, 3.63) is 54.1 Å². The standard InChI is InChI=1S/C15H16O2S/c1-11(16)12-7-9-13(10-8-12)18-15-6-4-3-5-14(15)17-2/h3-11,16H,1-2H3. The number of para-hydroxylation sites is 1. The first-order chi connectivity index (χ1) is 8.70. The molecule has 1 atom stereocenters. The lowest BCUT2D eigenvalue weighted by Crippen LogP contribution is -1.90. The van der Waals surface area contributed by atoms with Crippen LogP contribution >= 0.6 is 11.8 Å². The molecule has 0 amide bonds. The van der Waals surface area contributed by atoms with Crippen molar-refractivity contribution in [3.8, 4) is 5.75 Å². The van der Waals surface area contributed by atoms with Crippen LogP contribution in [0.2, 0.25) is 0 Å². The number of methoxy groups -OCH3 is 1. The molecule has 18 heavy (non-hydrogen) atoms. The van der Waals surface area contributed by atoms with Gasteiger partial charge in [-0.1, -0.05) is 36.0 Å². The SMILES string of the molecule is COc1ccccc1Sc1ccc(C(C)O)cc1. The van der Waals surface area contributed by atoms with Gasteiger partial charge in [-0.25, -0.2) is 0 Å². The van der Waals surface area contributed by atoms with E-state index >= 15 is 0 Å². The third-order valence-corrected chi connectivity index (χ3v) is 3.72. The maximum Gasteiger partial charge on any atom is 0.132 e. The molecule has 94 valence electrons. The summed E-state index contributed by atoms with van der Waals surface area (Å²) in [7, 11) is 1.68. The van der Waals surface area contributed by atoms with E-state index in [1.165, 1.54) is 0 Å². The highest BCUT2D eigenvalue weighted by atomic mass is 32.2. The number of ether oxygens (including phenoxy) is 1. The summed E-state index contributed by atoms with van der Waals surface area (Å²) in [5.41, 5.74) is 0.930. The smallest absolute Gasteiger partial charge is 0.132 e. The van der Waals surface area contributed by atoms with E-state index in [4.69, 9.17) is 4.74 Å². The van der Waals surface area contributed by atoms with E-state index in [9.17, 15) is 5.11 Å². The van der Waals surface area contributed by atoms with E-state index in [0.29, 0.717) is 0 Å². The highest BCUT2D eigenvalue weighted by Gasteiger charge is 2.05. The minimum atomic E-state index is -0.421. The Morgan fingerprint density at radius 3 is 2.33 bits per heavy atom. The molecule has 0 radical (unpaired) electrons. The second-order valence-electron chi connectivity index (χ2n) is 4.00. The molecule has 0 aliphatic carbocycles. The third kappa shape index (κ3) is 3.06. The summed E-state index contributed by atoms with van der Waals surface area (Å²) in [5.74, 6) is 0.877. The van der Waals surface area contributed by atoms with Crippen LogP contribution in [0.4, 0.5) is 0 Å². The van der Waals surface area contributed by atoms with E-state index in [0.717, 1.165) is 21.1 Å². The van der Waals surface area contributed by atoms with Crippen LogP contribution in [0.5, 0.6) is 5.75 Å². The number of rotatable bonds is 4. The molecule has 1 unspecified atom stereocenters. The van der Waals surface area contributed by atoms with Gasteiger partial charge in [-0.3, -0.25) is 0 Å². The van der Waals surface area contributed by atoms with E-state index in [2.05, 4.69) is 0 Å². The predicted molar refractivity (Wildman–Crippen MR) is 74.2 cm³/mol. The Morgan fingerprint density at radius 2 is 1.72 bits per heavy atom. The Morgan fingerprint density at radius 1 is 1.06 bits per heavy atom. The average molecular weight is 260 g/mol. The lowest BCUT2D eigenvalue weighted by Gasteiger charge is -2.09. The van der Waals surface area contributed by atoms with Gasteiger partial charge in [0.25, 0.3) is 0 Å². The predicted octanol–water partition coefficient (Wildman–Crippen LogP) is 3.90. The molecule has 3 heteroatoms. The normalized spacial score (nSPS) is 12.2. The van der Waals surface area contributed by atoms with Gasteiger partial charge in [0.1, 0.15) is 5.75 Å². The van der Waals surface area contributed by atoms with Crippen molar-refractivity contribution >= 4 is 11.8 Å². The van der Waals surface area contributed by atoms with Crippen molar-refractivity contribution < 1.29 is 9.84 Å². The summed E-state index contributed by atoms with van der Waals surface area (Å²) in [6.07, 6.45) is -0.421. The average Bonchev–Trinajstić information content (AvgIpc) is 2.40. The summed E-state index contributed by atoms with van der Waals surface area (Å²) >= 11 is 1.65. The Hall–Kier alpha value is -1.45. The van der Waals surface area contributed by atoms with Gasteiger partial charge < -0.3 is 9.84 Å². The molecule has 0 saturated carbocycles. The fourth-order valence-electron chi connectivity index (χ4n) is 1.64. The van der Waals surface area contributed by atoms with E-state index in [1.54, 1.807) is 25.8 Å². The van der Waals surface area contributed by atoms with Gasteiger partial charge in [0.05, 0.1) is 18.1 Å². The van der Waals surface area contributed by atoms with Crippen LogP contribution in [0.15, 0.2) is 58.3 Å². The molecule has 1 N–H and O–H groups in total. The maximum atomic E-state index is 9.46. The van der Waals surface area contributed by atoms with Crippen LogP contribution in [0.3, 0.4) is 0 Å². The van der Waals surface area contributed by atoms with Gasteiger partial charge in [0.2, 0.25) is 0 Å². The highest BCUT2D eigenvalue weighted by molar-refractivity contribution is 7.99. The van der Waals surface area contributed by atoms with Crippen LogP contribution < -0.4 is 4.74 Å². The van der Waals surface area contributed by atoms with Gasteiger partial charge >= 0.3 is 0 Å². The highest BCUT2D eigenvalue weighted by Crippen LogP contribution is 2.34. The summed E-state index contributed by atoms with van der Waals surface area (Å²) in [6, 6.07) is 15.9. The number of aliphatic hydroxyl groups excluding tert-OH is 1. The van der Waals surface area contributed by atoms with Gasteiger partial charge in [0, 0.05) is 4.90 Å². The first-order valence-corrected chi connectivity index (χ1v) is 6.61. The first kappa shape index (κ1) is 13.0. The molecule has 2 aromatic rings. The lowest BCUT2D eigenvalue weighted by molar-refractivity contribution is 0.199. The molecule has 0 spiro atoms. The molecular weight excluding hydrogens is 244 g/mol. The molecule has 0 saturated heterocycles. The maximum absolute atomic E-state index is 9.46. The molecule has 0 aliphatic rings. The molecule has 0 aliphatic heterocycles. The second-order valence-corrected chi connectivity index (χ2v) is 5.11. The summed E-state index contributed by atoms with van der Waals surface area (Å²) in [5, 5.41) is 9.46. The van der Waals surface area contributed by atoms with Gasteiger partial charge in [-0.2, -0.15) is 0 Å². The monoisotopic (exact) mass is 260 g/mol. The van der Waals surface area contributed by atoms with Crippen molar-refractivity contribution in [2.45, 2.75) is 22.8 Å². The Labute approximate surface area is 112 Å². The van der Waals surface area contributed by atoms with Crippen molar-refractivity contribution in [1.29, 1.82) is 0 Å². The van der Waals surface area contributed by atoms with Crippen molar-refractivity contribution in [2.75, 3.05) is 7.11 Å². The molecule has 2 aromatic carbocycles. The largest absolute Gasteiger partial charge is 0.496 e. The fourth-order valence-corrected chi connectivity index (χ4v) is 2.57. The van der Waals surface area contributed by atoms with Crippen LogP contribution in [0.1, 0.15) is 18.6 Å². The zero-order valence-electron chi connectivity index (χ0n) is 10.5. The van der Waals surface area contributed by atoms with Crippen molar-refractivity contribution in [1.82, 2.24) is 0 Å². The van der Waals surface area contributed by atoms with Crippen LogP contribution in [-0.4, -0.2) is 12.2 Å². The Kier molecular flexibility index (Phi) is 4.28. The van der Waals surface area contributed by atoms with Gasteiger partial charge in [0.15, 0.2) is 0 Å². The van der Waals surface area contributed by atoms with Crippen LogP contribution in [0.25, 0.3) is 0 Å². The Bertz CT molecular complexity index is 506. The van der Waals surface area contributed by atoms with Crippen molar-refractivity contribution in [2.24, 2.45) is 0 Å². The number of hydrogen-bond acceptors (Lipinski definition) is 3. The number of benzene rings is 2. The third-order valence-electron chi connectivity index (χ3n) is 2.66. The van der Waals surface area contributed by atoms with E-state index < -0.39 is 6.10 Å². The molecule has 2 nitrogen and oxygen atoms in total. The zero-order chi connectivity index (χ0) is 13.0. The first-order valence-electron chi connectivity index (χ1n) is 5.79. The number of aliphatic hydroxyl groups is 1. The molecule has 0 fully saturated rings. The quantitative estimate of drug-likeness (QED) is 0.904. The second kappa shape index (κ2) is 5.94. The fraction of sp³-hybridized carbons (Fsp3) is 0.200. The van der Waals surface area contributed by atoms with E-state index in [1.807, 2.05) is 48.5 Å². The molecule has 0 bridgehead atoms. The minimum Gasteiger partial charge on any atom is -0.496 e. The van der Waals surface area contributed by atoms with Crippen LogP contribution in [-0.2, 0) is 0 Å². The number of hydrogen-bond donors (Lipinski definition) is 1. The van der Waals surface area contributed by atoms with Gasteiger partial charge in [-0.05, 0) is 36.8 Å². The lowest BCUT2D eigenvalue weighted by atomic mass is 10.1. The molecule has 0 heterocycles. The molecule has 0 aromatic heterocycles. The van der Waals surface area contributed by atoms with Crippen LogP contribution in [0, 0.1) is 0 Å². The molecular formula is C15H16O2S. The van der Waals surface area contributed by atoms with Crippen molar-refractivity contribution in [3.63, 3.8) is 0 Å². The topological polar surface area (TPSA) is 29.5 Å². The van der Waals surface area contributed by atoms with Gasteiger partial charge in [-0.15, -0.1) is 0 Å². The zero-order valence-corrected chi connectivity index (χ0v) is 11.3. The summed E-state index contributed by atoms with van der Waals surface area (Å²) < 4.78 is 5.32. The Balaban J connectivity index is 2.18. The summed E-state index contributed by atoms with van der Waals surface area (Å²) in [6.45, 7) is 1.77. The molecule has 2 rings (SSSR count). The summed E-state index contributed by atoms with van der Waals surface area (Å²) in [4.78, 5) is 2.22. The van der Waals surface area contributed by atoms with E-state index in [-0.39, 0.29) is 0 Å². The minimum absolute atomic E-state index is 0.421.